The predicted molar refractivity (Wildman–Crippen MR) is 92.3 cm³/mol. The fraction of sp³-hybridized carbons (Fsp3) is 0.188. The number of halogens is 1. The number of para-hydroxylation sites is 1. The van der Waals surface area contributed by atoms with E-state index in [2.05, 4.69) is 40.1 Å². The van der Waals surface area contributed by atoms with Crippen LogP contribution in [-0.4, -0.2) is 12.5 Å². The lowest BCUT2D eigenvalue weighted by Gasteiger charge is -2.11. The zero-order valence-corrected chi connectivity index (χ0v) is 13.5. The van der Waals surface area contributed by atoms with Crippen molar-refractivity contribution >= 4 is 39.9 Å². The van der Waals surface area contributed by atoms with E-state index in [9.17, 15) is 4.79 Å². The van der Waals surface area contributed by atoms with E-state index >= 15 is 0 Å². The molecule has 0 bridgehead atoms. The monoisotopic (exact) mass is 380 g/mol. The third-order valence-electron chi connectivity index (χ3n) is 2.84. The molecule has 0 spiro atoms. The van der Waals surface area contributed by atoms with Crippen LogP contribution in [-0.2, 0) is 0 Å². The highest BCUT2D eigenvalue weighted by Gasteiger charge is 2.10. The molecule has 0 aliphatic carbocycles. The molecule has 104 valence electrons. The summed E-state index contributed by atoms with van der Waals surface area (Å²) in [4.78, 5) is 12.3. The molecule has 1 amide bonds. The Labute approximate surface area is 132 Å². The molecule has 2 N–H and O–H groups in total. The first kappa shape index (κ1) is 14.8. The quantitative estimate of drug-likeness (QED) is 0.757. The minimum absolute atomic E-state index is 0.0922. The molecule has 2 rings (SSSR count). The van der Waals surface area contributed by atoms with E-state index in [4.69, 9.17) is 0 Å². The first-order valence-electron chi connectivity index (χ1n) is 6.60. The van der Waals surface area contributed by atoms with E-state index in [0.29, 0.717) is 5.56 Å². The number of anilines is 2. The summed E-state index contributed by atoms with van der Waals surface area (Å²) < 4.78 is 1.14. The molecule has 4 heteroatoms. The van der Waals surface area contributed by atoms with E-state index in [0.717, 1.165) is 27.9 Å². The van der Waals surface area contributed by atoms with E-state index < -0.39 is 0 Å². The van der Waals surface area contributed by atoms with Gasteiger partial charge in [0.2, 0.25) is 0 Å². The Hall–Kier alpha value is -1.56. The van der Waals surface area contributed by atoms with Gasteiger partial charge in [-0.2, -0.15) is 0 Å². The van der Waals surface area contributed by atoms with Crippen LogP contribution >= 0.6 is 22.6 Å². The molecule has 20 heavy (non-hydrogen) atoms. The third kappa shape index (κ3) is 3.96. The van der Waals surface area contributed by atoms with Gasteiger partial charge in [0.05, 0.1) is 5.56 Å². The highest BCUT2D eigenvalue weighted by Crippen LogP contribution is 2.18. The second-order valence-electron chi connectivity index (χ2n) is 4.43. The number of carbonyl (C=O) groups is 1. The largest absolute Gasteiger partial charge is 0.384 e. The minimum atomic E-state index is -0.0922. The van der Waals surface area contributed by atoms with Gasteiger partial charge >= 0.3 is 0 Å². The number of hydrogen-bond donors (Lipinski definition) is 2. The molecule has 0 saturated heterocycles. The van der Waals surface area contributed by atoms with Crippen molar-refractivity contribution in [3.63, 3.8) is 0 Å². The van der Waals surface area contributed by atoms with Gasteiger partial charge in [0.15, 0.2) is 0 Å². The van der Waals surface area contributed by atoms with E-state index in [1.54, 1.807) is 0 Å². The van der Waals surface area contributed by atoms with Crippen molar-refractivity contribution in [3.8, 4) is 0 Å². The molecular formula is C16H17IN2O. The Morgan fingerprint density at radius 1 is 1.10 bits per heavy atom. The SMILES string of the molecule is CCCNc1ccccc1C(=O)Nc1ccc(I)cc1. The summed E-state index contributed by atoms with van der Waals surface area (Å²) in [6, 6.07) is 15.3. The molecule has 3 nitrogen and oxygen atoms in total. The van der Waals surface area contributed by atoms with Crippen LogP contribution in [0.3, 0.4) is 0 Å². The lowest BCUT2D eigenvalue weighted by atomic mass is 10.1. The standard InChI is InChI=1S/C16H17IN2O/c1-2-11-18-15-6-4-3-5-14(15)16(20)19-13-9-7-12(17)8-10-13/h3-10,18H,2,11H2,1H3,(H,19,20). The fourth-order valence-corrected chi connectivity index (χ4v) is 2.19. The Balaban J connectivity index is 2.14. The molecule has 0 radical (unpaired) electrons. The summed E-state index contributed by atoms with van der Waals surface area (Å²) >= 11 is 2.24. The highest BCUT2D eigenvalue weighted by molar-refractivity contribution is 14.1. The van der Waals surface area contributed by atoms with E-state index in [-0.39, 0.29) is 5.91 Å². The first-order valence-corrected chi connectivity index (χ1v) is 7.68. The molecule has 0 aliphatic heterocycles. The lowest BCUT2D eigenvalue weighted by Crippen LogP contribution is -2.15. The van der Waals surface area contributed by atoms with E-state index in [1.165, 1.54) is 0 Å². The van der Waals surface area contributed by atoms with Crippen LogP contribution in [0.25, 0.3) is 0 Å². The van der Waals surface area contributed by atoms with Crippen molar-refractivity contribution in [2.45, 2.75) is 13.3 Å². The summed E-state index contributed by atoms with van der Waals surface area (Å²) in [5.41, 5.74) is 2.34. The van der Waals surface area contributed by atoms with Crippen LogP contribution in [0.5, 0.6) is 0 Å². The third-order valence-corrected chi connectivity index (χ3v) is 3.56. The number of benzene rings is 2. The second kappa shape index (κ2) is 7.28. The molecule has 0 atom stereocenters. The Kier molecular flexibility index (Phi) is 5.40. The molecule has 2 aromatic rings. The second-order valence-corrected chi connectivity index (χ2v) is 5.68. The number of rotatable bonds is 5. The summed E-state index contributed by atoms with van der Waals surface area (Å²) in [6.45, 7) is 2.95. The maximum absolute atomic E-state index is 12.3. The number of hydrogen-bond acceptors (Lipinski definition) is 2. The fourth-order valence-electron chi connectivity index (χ4n) is 1.83. The van der Waals surface area contributed by atoms with Gasteiger partial charge in [0.25, 0.3) is 5.91 Å². The molecule has 0 unspecified atom stereocenters. The Morgan fingerprint density at radius 2 is 1.80 bits per heavy atom. The van der Waals surface area contributed by atoms with Crippen molar-refractivity contribution in [1.29, 1.82) is 0 Å². The van der Waals surface area contributed by atoms with Gasteiger partial charge in [0, 0.05) is 21.5 Å². The van der Waals surface area contributed by atoms with Gasteiger partial charge in [0.1, 0.15) is 0 Å². The van der Waals surface area contributed by atoms with Gasteiger partial charge in [-0.05, 0) is 65.4 Å². The summed E-state index contributed by atoms with van der Waals surface area (Å²) in [5, 5.41) is 6.20. The van der Waals surface area contributed by atoms with Crippen LogP contribution in [0.2, 0.25) is 0 Å². The van der Waals surface area contributed by atoms with Crippen LogP contribution in [0.1, 0.15) is 23.7 Å². The molecule has 0 fully saturated rings. The van der Waals surface area contributed by atoms with Crippen molar-refractivity contribution in [2.75, 3.05) is 17.2 Å². The topological polar surface area (TPSA) is 41.1 Å². The van der Waals surface area contributed by atoms with Crippen LogP contribution in [0, 0.1) is 3.57 Å². The minimum Gasteiger partial charge on any atom is -0.384 e. The van der Waals surface area contributed by atoms with Crippen molar-refractivity contribution < 1.29 is 4.79 Å². The summed E-state index contributed by atoms with van der Waals surface area (Å²) in [6.07, 6.45) is 1.02. The van der Waals surface area contributed by atoms with E-state index in [1.807, 2.05) is 48.5 Å². The number of carbonyl (C=O) groups excluding carboxylic acids is 1. The molecule has 0 aliphatic rings. The predicted octanol–water partition coefficient (Wildman–Crippen LogP) is 4.37. The van der Waals surface area contributed by atoms with Crippen molar-refractivity contribution in [1.82, 2.24) is 0 Å². The Morgan fingerprint density at radius 3 is 2.50 bits per heavy atom. The van der Waals surface area contributed by atoms with Crippen molar-refractivity contribution in [2.24, 2.45) is 0 Å². The van der Waals surface area contributed by atoms with Gasteiger partial charge in [-0.15, -0.1) is 0 Å². The van der Waals surface area contributed by atoms with Gasteiger partial charge in [-0.1, -0.05) is 19.1 Å². The molecule has 0 saturated carbocycles. The van der Waals surface area contributed by atoms with Gasteiger partial charge < -0.3 is 10.6 Å². The molecule has 0 heterocycles. The zero-order chi connectivity index (χ0) is 14.4. The molecule has 0 aromatic heterocycles. The Bertz CT molecular complexity index is 581. The lowest BCUT2D eigenvalue weighted by molar-refractivity contribution is 0.102. The molecule has 2 aromatic carbocycles. The van der Waals surface area contributed by atoms with Crippen LogP contribution in [0.15, 0.2) is 48.5 Å². The smallest absolute Gasteiger partial charge is 0.257 e. The summed E-state index contributed by atoms with van der Waals surface area (Å²) in [7, 11) is 0. The first-order chi connectivity index (χ1) is 9.70. The average Bonchev–Trinajstić information content (AvgIpc) is 2.47. The average molecular weight is 380 g/mol. The van der Waals surface area contributed by atoms with Crippen LogP contribution in [0.4, 0.5) is 11.4 Å². The maximum Gasteiger partial charge on any atom is 0.257 e. The van der Waals surface area contributed by atoms with Gasteiger partial charge in [-0.3, -0.25) is 4.79 Å². The van der Waals surface area contributed by atoms with Gasteiger partial charge in [-0.25, -0.2) is 0 Å². The highest BCUT2D eigenvalue weighted by atomic mass is 127. The van der Waals surface area contributed by atoms with Crippen LogP contribution < -0.4 is 10.6 Å². The summed E-state index contributed by atoms with van der Waals surface area (Å²) in [5.74, 6) is -0.0922. The zero-order valence-electron chi connectivity index (χ0n) is 11.3. The number of nitrogens with one attached hydrogen (secondary N) is 2. The molecular weight excluding hydrogens is 363 g/mol. The van der Waals surface area contributed by atoms with Crippen molar-refractivity contribution in [3.05, 3.63) is 57.7 Å². The number of amides is 1. The maximum atomic E-state index is 12.3. The normalized spacial score (nSPS) is 10.1.